The Bertz CT molecular complexity index is 202. The molecular formula is C9H19F2N3. The van der Waals surface area contributed by atoms with E-state index in [0.717, 1.165) is 12.8 Å². The fourth-order valence-electron chi connectivity index (χ4n) is 1.05. The number of rotatable bonds is 6. The van der Waals surface area contributed by atoms with Gasteiger partial charge in [0.05, 0.1) is 11.4 Å². The minimum atomic E-state index is -2.96. The SMILES string of the molecule is CCCC/C(NN)=C(/N)C(F)(F)CC. The van der Waals surface area contributed by atoms with Crippen molar-refractivity contribution in [3.8, 4) is 0 Å². The summed E-state index contributed by atoms with van der Waals surface area (Å²) in [6.07, 6.45) is 1.86. The molecular weight excluding hydrogens is 188 g/mol. The molecule has 0 unspecified atom stereocenters. The van der Waals surface area contributed by atoms with Crippen LogP contribution in [-0.4, -0.2) is 5.92 Å². The molecule has 0 saturated carbocycles. The Kier molecular flexibility index (Phi) is 5.45. The Balaban J connectivity index is 4.64. The maximum atomic E-state index is 13.1. The summed E-state index contributed by atoms with van der Waals surface area (Å²) in [7, 11) is 0. The average molecular weight is 207 g/mol. The van der Waals surface area contributed by atoms with E-state index in [0.29, 0.717) is 6.42 Å². The van der Waals surface area contributed by atoms with Gasteiger partial charge < -0.3 is 11.2 Å². The molecule has 0 atom stereocenters. The maximum Gasteiger partial charge on any atom is 0.288 e. The highest BCUT2D eigenvalue weighted by Gasteiger charge is 2.32. The van der Waals surface area contributed by atoms with Gasteiger partial charge in [-0.05, 0) is 12.8 Å². The molecule has 5 heteroatoms. The number of nitrogens with one attached hydrogen (secondary N) is 1. The summed E-state index contributed by atoms with van der Waals surface area (Å²) in [5, 5.41) is 0. The van der Waals surface area contributed by atoms with Gasteiger partial charge in [0.2, 0.25) is 0 Å². The van der Waals surface area contributed by atoms with Gasteiger partial charge in [-0.2, -0.15) is 8.78 Å². The van der Waals surface area contributed by atoms with Crippen LogP contribution in [0.25, 0.3) is 0 Å². The van der Waals surface area contributed by atoms with E-state index >= 15 is 0 Å². The zero-order chi connectivity index (χ0) is 11.2. The molecule has 0 aliphatic rings. The predicted octanol–water partition coefficient (Wildman–Crippen LogP) is 1.86. The van der Waals surface area contributed by atoms with Crippen LogP contribution in [0.15, 0.2) is 11.4 Å². The van der Waals surface area contributed by atoms with E-state index in [9.17, 15) is 8.78 Å². The largest absolute Gasteiger partial charge is 0.396 e. The van der Waals surface area contributed by atoms with Crippen LogP contribution in [0.1, 0.15) is 39.5 Å². The summed E-state index contributed by atoms with van der Waals surface area (Å²) >= 11 is 0. The maximum absolute atomic E-state index is 13.1. The van der Waals surface area contributed by atoms with Crippen molar-refractivity contribution in [3.05, 3.63) is 11.4 Å². The van der Waals surface area contributed by atoms with Crippen LogP contribution < -0.4 is 17.0 Å². The van der Waals surface area contributed by atoms with Crippen LogP contribution in [0, 0.1) is 0 Å². The summed E-state index contributed by atoms with van der Waals surface area (Å²) in [6, 6.07) is 0. The van der Waals surface area contributed by atoms with Gasteiger partial charge in [-0.15, -0.1) is 0 Å². The van der Waals surface area contributed by atoms with E-state index in [4.69, 9.17) is 11.6 Å². The highest BCUT2D eigenvalue weighted by molar-refractivity contribution is 5.16. The summed E-state index contributed by atoms with van der Waals surface area (Å²) in [4.78, 5) is 0. The van der Waals surface area contributed by atoms with E-state index in [-0.39, 0.29) is 12.1 Å². The molecule has 0 aromatic heterocycles. The first kappa shape index (κ1) is 13.2. The third-order valence-corrected chi connectivity index (χ3v) is 2.12. The van der Waals surface area contributed by atoms with Crippen molar-refractivity contribution in [1.82, 2.24) is 5.43 Å². The first-order chi connectivity index (χ1) is 6.49. The first-order valence-corrected chi connectivity index (χ1v) is 4.83. The van der Waals surface area contributed by atoms with Crippen molar-refractivity contribution in [2.24, 2.45) is 11.6 Å². The number of nitrogens with two attached hydrogens (primary N) is 2. The molecule has 0 aliphatic carbocycles. The second-order valence-electron chi connectivity index (χ2n) is 3.20. The monoisotopic (exact) mass is 207 g/mol. The number of allylic oxidation sites excluding steroid dienone is 2. The summed E-state index contributed by atoms with van der Waals surface area (Å²) in [5.74, 6) is 2.18. The zero-order valence-corrected chi connectivity index (χ0v) is 8.74. The van der Waals surface area contributed by atoms with E-state index < -0.39 is 11.6 Å². The molecule has 0 bridgehead atoms. The second kappa shape index (κ2) is 5.80. The van der Waals surface area contributed by atoms with E-state index in [1.807, 2.05) is 6.92 Å². The average Bonchev–Trinajstić information content (AvgIpc) is 2.18. The summed E-state index contributed by atoms with van der Waals surface area (Å²) in [6.45, 7) is 3.36. The molecule has 3 nitrogen and oxygen atoms in total. The summed E-state index contributed by atoms with van der Waals surface area (Å²) < 4.78 is 26.3. The number of alkyl halides is 2. The number of hydrazine groups is 1. The predicted molar refractivity (Wildman–Crippen MR) is 53.3 cm³/mol. The Morgan fingerprint density at radius 2 is 1.93 bits per heavy atom. The Hall–Kier alpha value is -0.840. The minimum Gasteiger partial charge on any atom is -0.396 e. The normalized spacial score (nSPS) is 13.8. The standard InChI is InChI=1S/C9H19F2N3/c1-3-5-6-7(14-13)8(12)9(10,11)4-2/h14H,3-6,12-13H2,1-2H3/b8-7-. The quantitative estimate of drug-likeness (QED) is 0.460. The lowest BCUT2D eigenvalue weighted by Gasteiger charge is -2.18. The molecule has 0 aromatic rings. The number of hydrogen-bond acceptors (Lipinski definition) is 3. The van der Waals surface area contributed by atoms with Gasteiger partial charge in [0.15, 0.2) is 0 Å². The van der Waals surface area contributed by atoms with E-state index in [2.05, 4.69) is 5.43 Å². The highest BCUT2D eigenvalue weighted by Crippen LogP contribution is 2.26. The molecule has 84 valence electrons. The van der Waals surface area contributed by atoms with Crippen LogP contribution in [0.3, 0.4) is 0 Å². The molecule has 0 heterocycles. The van der Waals surface area contributed by atoms with Gasteiger partial charge >= 0.3 is 0 Å². The van der Waals surface area contributed by atoms with Crippen molar-refractivity contribution in [2.45, 2.75) is 45.5 Å². The number of unbranched alkanes of at least 4 members (excludes halogenated alkanes) is 1. The molecule has 5 N–H and O–H groups in total. The smallest absolute Gasteiger partial charge is 0.288 e. The lowest BCUT2D eigenvalue weighted by molar-refractivity contribution is 0.0340. The van der Waals surface area contributed by atoms with Crippen LogP contribution in [0.4, 0.5) is 8.78 Å². The van der Waals surface area contributed by atoms with Crippen LogP contribution >= 0.6 is 0 Å². The topological polar surface area (TPSA) is 64.1 Å². The number of halogens is 2. The van der Waals surface area contributed by atoms with Gasteiger partial charge in [0.1, 0.15) is 0 Å². The van der Waals surface area contributed by atoms with Crippen molar-refractivity contribution >= 4 is 0 Å². The van der Waals surface area contributed by atoms with Gasteiger partial charge in [0.25, 0.3) is 5.92 Å². The van der Waals surface area contributed by atoms with E-state index in [1.165, 1.54) is 6.92 Å². The van der Waals surface area contributed by atoms with Gasteiger partial charge in [0, 0.05) is 6.42 Å². The third kappa shape index (κ3) is 3.49. The molecule has 0 amide bonds. The Morgan fingerprint density at radius 3 is 2.29 bits per heavy atom. The van der Waals surface area contributed by atoms with Gasteiger partial charge in [-0.3, -0.25) is 5.84 Å². The summed E-state index contributed by atoms with van der Waals surface area (Å²) in [5.41, 5.74) is 7.41. The Morgan fingerprint density at radius 1 is 1.36 bits per heavy atom. The molecule has 0 radical (unpaired) electrons. The lowest BCUT2D eigenvalue weighted by Crippen LogP contribution is -2.33. The van der Waals surface area contributed by atoms with Gasteiger partial charge in [-0.25, -0.2) is 0 Å². The Labute approximate surface area is 83.5 Å². The number of hydrogen-bond donors (Lipinski definition) is 3. The van der Waals surface area contributed by atoms with Crippen molar-refractivity contribution in [2.75, 3.05) is 0 Å². The highest BCUT2D eigenvalue weighted by atomic mass is 19.3. The second-order valence-corrected chi connectivity index (χ2v) is 3.20. The first-order valence-electron chi connectivity index (χ1n) is 4.83. The zero-order valence-electron chi connectivity index (χ0n) is 8.74. The van der Waals surface area contributed by atoms with Crippen molar-refractivity contribution in [1.29, 1.82) is 0 Å². The van der Waals surface area contributed by atoms with Gasteiger partial charge in [-0.1, -0.05) is 20.3 Å². The molecule has 0 saturated heterocycles. The molecule has 0 aliphatic heterocycles. The minimum absolute atomic E-state index is 0.249. The molecule has 0 fully saturated rings. The molecule has 0 aromatic carbocycles. The molecule has 14 heavy (non-hydrogen) atoms. The fourth-order valence-corrected chi connectivity index (χ4v) is 1.05. The van der Waals surface area contributed by atoms with Crippen LogP contribution in [0.5, 0.6) is 0 Å². The van der Waals surface area contributed by atoms with Crippen molar-refractivity contribution in [3.63, 3.8) is 0 Å². The molecule has 0 spiro atoms. The van der Waals surface area contributed by atoms with E-state index in [1.54, 1.807) is 0 Å². The van der Waals surface area contributed by atoms with Crippen LogP contribution in [-0.2, 0) is 0 Å². The molecule has 0 rings (SSSR count). The van der Waals surface area contributed by atoms with Crippen LogP contribution in [0.2, 0.25) is 0 Å². The fraction of sp³-hybridized carbons (Fsp3) is 0.778. The third-order valence-electron chi connectivity index (χ3n) is 2.12. The lowest BCUT2D eigenvalue weighted by atomic mass is 10.1. The van der Waals surface area contributed by atoms with Crippen molar-refractivity contribution < 1.29 is 8.78 Å².